The van der Waals surface area contributed by atoms with Crippen molar-refractivity contribution >= 4 is 107 Å². The summed E-state index contributed by atoms with van der Waals surface area (Å²) in [6, 6.07) is 122. The van der Waals surface area contributed by atoms with Gasteiger partial charge in [0.15, 0.2) is 0 Å². The van der Waals surface area contributed by atoms with Crippen molar-refractivity contribution in [1.29, 1.82) is 0 Å². The molecule has 0 amide bonds. The highest BCUT2D eigenvalue weighted by atomic mass is 28.3. The number of pyridine rings is 2. The molecule has 420 valence electrons. The molecule has 0 aliphatic carbocycles. The average Bonchev–Trinajstić information content (AvgIpc) is 1.96. The predicted octanol–water partition coefficient (Wildman–Crippen LogP) is 18.3. The fourth-order valence-corrected chi connectivity index (χ4v) is 17.8. The smallest absolute Gasteiger partial charge is 0.223 e. The van der Waals surface area contributed by atoms with E-state index in [2.05, 4.69) is 371 Å². The van der Waals surface area contributed by atoms with Gasteiger partial charge in [-0.25, -0.2) is 0 Å². The largest absolute Gasteiger partial charge is 0.309 e. The van der Waals surface area contributed by atoms with E-state index in [0.29, 0.717) is 0 Å². The Morgan fingerprint density at radius 2 is 0.539 bits per heavy atom. The summed E-state index contributed by atoms with van der Waals surface area (Å²) in [6.45, 7) is 0. The van der Waals surface area contributed by atoms with E-state index < -0.39 is 8.07 Å². The first kappa shape index (κ1) is 52.9. The van der Waals surface area contributed by atoms with Crippen LogP contribution in [0.1, 0.15) is 0 Å². The van der Waals surface area contributed by atoms with Gasteiger partial charge < -0.3 is 18.9 Å². The van der Waals surface area contributed by atoms with Gasteiger partial charge >= 0.3 is 0 Å². The molecule has 0 N–H and O–H groups in total. The molecule has 12 aromatic carbocycles. The molecule has 0 atom stereocenters. The molecular formula is C82H58N6Si. The number of anilines is 6. The number of benzene rings is 12. The molecule has 0 aliphatic heterocycles. The highest BCUT2D eigenvalue weighted by Crippen LogP contribution is 2.42. The number of hydrogen-bond acceptors (Lipinski definition) is 4. The lowest BCUT2D eigenvalue weighted by molar-refractivity contribution is 1.18. The van der Waals surface area contributed by atoms with Crippen molar-refractivity contribution in [2.45, 2.75) is 0 Å². The van der Waals surface area contributed by atoms with E-state index in [4.69, 9.17) is 9.97 Å². The van der Waals surface area contributed by atoms with Crippen molar-refractivity contribution in [1.82, 2.24) is 19.1 Å². The molecule has 0 saturated heterocycles. The summed E-state index contributed by atoms with van der Waals surface area (Å²) in [6.07, 6.45) is 4.15. The number of rotatable bonds is 14. The third-order valence-corrected chi connectivity index (χ3v) is 22.0. The van der Waals surface area contributed by atoms with Gasteiger partial charge in [0, 0.05) is 66.3 Å². The number of aromatic nitrogens is 4. The Labute approximate surface area is 518 Å². The van der Waals surface area contributed by atoms with Crippen molar-refractivity contribution in [2.75, 3.05) is 9.80 Å². The zero-order valence-corrected chi connectivity index (χ0v) is 49.7. The van der Waals surface area contributed by atoms with E-state index in [1.807, 2.05) is 0 Å². The minimum atomic E-state index is -3.28. The molecule has 4 aromatic heterocycles. The van der Waals surface area contributed by atoms with Crippen molar-refractivity contribution in [2.24, 2.45) is 0 Å². The molecule has 0 radical (unpaired) electrons. The summed E-state index contributed by atoms with van der Waals surface area (Å²) in [5.74, 6) is 0. The van der Waals surface area contributed by atoms with Crippen LogP contribution < -0.4 is 30.8 Å². The van der Waals surface area contributed by atoms with Crippen molar-refractivity contribution < 1.29 is 0 Å². The van der Waals surface area contributed by atoms with Crippen LogP contribution in [0.2, 0.25) is 0 Å². The quantitative estimate of drug-likeness (QED) is 0.102. The van der Waals surface area contributed by atoms with Crippen LogP contribution in [0.5, 0.6) is 0 Å². The topological polar surface area (TPSA) is 42.1 Å². The number of nitrogens with zero attached hydrogens (tertiary/aromatic N) is 6. The van der Waals surface area contributed by atoms with Gasteiger partial charge in [-0.2, -0.15) is 0 Å². The lowest BCUT2D eigenvalue weighted by Gasteiger charge is -2.33. The Morgan fingerprint density at radius 1 is 0.236 bits per heavy atom. The molecule has 0 unspecified atom stereocenters. The van der Waals surface area contributed by atoms with Crippen molar-refractivity contribution in [3.8, 4) is 33.6 Å². The summed E-state index contributed by atoms with van der Waals surface area (Å²) < 4.78 is 4.74. The monoisotopic (exact) mass is 1150 g/mol. The molecule has 0 bridgehead atoms. The van der Waals surface area contributed by atoms with Crippen LogP contribution in [0.25, 0.3) is 77.2 Å². The molecular weight excluding hydrogens is 1100 g/mol. The Bertz CT molecular complexity index is 4810. The normalized spacial score (nSPS) is 11.6. The zero-order chi connectivity index (χ0) is 59.1. The van der Waals surface area contributed by atoms with Gasteiger partial charge in [0.2, 0.25) is 8.07 Å². The Balaban J connectivity index is 0.848. The van der Waals surface area contributed by atoms with Crippen LogP contribution in [0.3, 0.4) is 0 Å². The van der Waals surface area contributed by atoms with E-state index in [0.717, 1.165) is 89.3 Å². The lowest BCUT2D eigenvalue weighted by atomic mass is 10.0. The third-order valence-electron chi connectivity index (χ3n) is 17.5. The summed E-state index contributed by atoms with van der Waals surface area (Å²) in [7, 11) is -3.28. The van der Waals surface area contributed by atoms with Gasteiger partial charge in [-0.1, -0.05) is 218 Å². The number of para-hydroxylation sites is 4. The fourth-order valence-electron chi connectivity index (χ4n) is 13.4. The molecule has 0 spiro atoms. The third kappa shape index (κ3) is 9.36. The van der Waals surface area contributed by atoms with Crippen LogP contribution in [0.15, 0.2) is 352 Å². The maximum absolute atomic E-state index is 5.70. The van der Waals surface area contributed by atoms with E-state index in [1.165, 1.54) is 43.0 Å². The summed E-state index contributed by atoms with van der Waals surface area (Å²) in [4.78, 5) is 16.1. The standard InChI is InChI=1S/C82H58N6Si/c1-7-23-59(24-8-1)61-39-43-65(44-40-61)85(67-47-51-79-75(55-67)73-35-19-21-37-77(73)87(79)63-27-11-3-12-28-63)69-49-53-81(83-57-69)89(71-31-15-5-16-32-71,72-33-17-6-18-34-72)82-54-50-70(58-84-82)86(66-45-41-62(42-46-66)60-25-9-2-10-26-60)68-48-52-80-76(56-68)74-36-20-22-38-78(74)88(80)64-29-13-4-14-30-64/h1-58H. The molecule has 4 heterocycles. The van der Waals surface area contributed by atoms with E-state index >= 15 is 0 Å². The highest BCUT2D eigenvalue weighted by molar-refractivity contribution is 7.19. The first-order chi connectivity index (χ1) is 44.2. The zero-order valence-electron chi connectivity index (χ0n) is 48.7. The second-order valence-electron chi connectivity index (χ2n) is 22.6. The van der Waals surface area contributed by atoms with E-state index in [9.17, 15) is 0 Å². The van der Waals surface area contributed by atoms with Gasteiger partial charge in [-0.05, 0) is 154 Å². The molecule has 0 aliphatic rings. The first-order valence-electron chi connectivity index (χ1n) is 30.3. The van der Waals surface area contributed by atoms with E-state index in [1.54, 1.807) is 0 Å². The first-order valence-corrected chi connectivity index (χ1v) is 32.3. The van der Waals surface area contributed by atoms with Gasteiger partial charge in [-0.15, -0.1) is 0 Å². The van der Waals surface area contributed by atoms with Crippen LogP contribution in [0, 0.1) is 0 Å². The summed E-state index contributed by atoms with van der Waals surface area (Å²) >= 11 is 0. The number of hydrogen-bond donors (Lipinski definition) is 0. The fraction of sp³-hybridized carbons (Fsp3) is 0. The van der Waals surface area contributed by atoms with Crippen LogP contribution in [-0.2, 0) is 0 Å². The molecule has 16 aromatic rings. The number of fused-ring (bicyclic) bond motifs is 6. The van der Waals surface area contributed by atoms with Gasteiger partial charge in [0.1, 0.15) is 0 Å². The van der Waals surface area contributed by atoms with Gasteiger partial charge in [0.05, 0.1) is 45.8 Å². The molecule has 16 rings (SSSR count). The maximum Gasteiger partial charge on any atom is 0.223 e. The average molecular weight is 1160 g/mol. The van der Waals surface area contributed by atoms with Crippen LogP contribution in [0.4, 0.5) is 34.1 Å². The second-order valence-corrected chi connectivity index (χ2v) is 26.2. The van der Waals surface area contributed by atoms with Crippen LogP contribution in [-0.4, -0.2) is 27.2 Å². The molecule has 7 heteroatoms. The summed E-state index contributed by atoms with van der Waals surface area (Å²) in [5.41, 5.74) is 17.5. The Kier molecular flexibility index (Phi) is 13.5. The minimum absolute atomic E-state index is 0.942. The molecule has 0 fully saturated rings. The molecule has 89 heavy (non-hydrogen) atoms. The molecule has 6 nitrogen and oxygen atoms in total. The van der Waals surface area contributed by atoms with Crippen molar-refractivity contribution in [3.05, 3.63) is 352 Å². The maximum atomic E-state index is 5.70. The minimum Gasteiger partial charge on any atom is -0.309 e. The summed E-state index contributed by atoms with van der Waals surface area (Å²) in [5, 5.41) is 9.07. The lowest BCUT2D eigenvalue weighted by Crippen LogP contribution is -2.76. The van der Waals surface area contributed by atoms with Crippen molar-refractivity contribution in [3.63, 3.8) is 0 Å². The van der Waals surface area contributed by atoms with E-state index in [-0.39, 0.29) is 0 Å². The Morgan fingerprint density at radius 3 is 0.910 bits per heavy atom. The van der Waals surface area contributed by atoms with Crippen LogP contribution >= 0.6 is 0 Å². The van der Waals surface area contributed by atoms with Gasteiger partial charge in [0.25, 0.3) is 0 Å². The Hall–Kier alpha value is -11.6. The highest BCUT2D eigenvalue weighted by Gasteiger charge is 2.44. The molecule has 0 saturated carbocycles. The van der Waals surface area contributed by atoms with Gasteiger partial charge in [-0.3, -0.25) is 9.97 Å². The SMILES string of the molecule is c1ccc(-c2ccc(N(c3ccc([Si](c4ccccc4)(c4ccccc4)c4ccc(N(c5ccc(-c6ccccc6)cc5)c5ccc6c(c5)c5ccccc5n6-c5ccccc5)cn4)nc3)c3ccc4c(c3)c3ccccc3n4-c3ccccc3)cc2)cc1. The predicted molar refractivity (Wildman–Crippen MR) is 375 cm³/mol. The second kappa shape index (κ2) is 22.7.